The zero-order valence-electron chi connectivity index (χ0n) is 15.8. The van der Waals surface area contributed by atoms with Gasteiger partial charge >= 0.3 is 5.97 Å². The second kappa shape index (κ2) is 7.82. The summed E-state index contributed by atoms with van der Waals surface area (Å²) in [7, 11) is 0. The quantitative estimate of drug-likeness (QED) is 0.597. The molecule has 0 saturated heterocycles. The van der Waals surface area contributed by atoms with Gasteiger partial charge in [0.2, 0.25) is 0 Å². The van der Waals surface area contributed by atoms with Crippen LogP contribution in [-0.4, -0.2) is 27.8 Å². The molecule has 2 aromatic heterocycles. The number of hydrogen-bond donors (Lipinski definition) is 3. The van der Waals surface area contributed by atoms with Crippen molar-refractivity contribution in [1.82, 2.24) is 4.98 Å². The van der Waals surface area contributed by atoms with Crippen molar-refractivity contribution in [2.75, 3.05) is 5.32 Å². The van der Waals surface area contributed by atoms with Crippen LogP contribution in [0.15, 0.2) is 57.9 Å². The van der Waals surface area contributed by atoms with E-state index in [9.17, 15) is 19.2 Å². The number of ketones is 1. The molecule has 3 N–H and O–H groups in total. The van der Waals surface area contributed by atoms with E-state index < -0.39 is 17.4 Å². The lowest BCUT2D eigenvalue weighted by atomic mass is 9.84. The van der Waals surface area contributed by atoms with Gasteiger partial charge < -0.3 is 19.8 Å². The Bertz CT molecular complexity index is 1180. The minimum atomic E-state index is -0.952. The van der Waals surface area contributed by atoms with Gasteiger partial charge in [0.15, 0.2) is 5.78 Å². The summed E-state index contributed by atoms with van der Waals surface area (Å²) in [5.41, 5.74) is 1.08. The molecule has 0 fully saturated rings. The van der Waals surface area contributed by atoms with Gasteiger partial charge in [-0.1, -0.05) is 12.1 Å². The Morgan fingerprint density at radius 2 is 1.90 bits per heavy atom. The van der Waals surface area contributed by atoms with Crippen molar-refractivity contribution in [2.24, 2.45) is 0 Å². The maximum Gasteiger partial charge on any atom is 0.307 e. The normalized spacial score (nSPS) is 15.5. The van der Waals surface area contributed by atoms with Gasteiger partial charge in [-0.25, -0.2) is 0 Å². The summed E-state index contributed by atoms with van der Waals surface area (Å²) in [6, 6.07) is 11.2. The van der Waals surface area contributed by atoms with Crippen molar-refractivity contribution < 1.29 is 23.9 Å². The molecule has 8 heteroatoms. The molecule has 30 heavy (non-hydrogen) atoms. The van der Waals surface area contributed by atoms with E-state index in [0.717, 1.165) is 0 Å². The predicted molar refractivity (Wildman–Crippen MR) is 107 cm³/mol. The largest absolute Gasteiger partial charge is 0.481 e. The Morgan fingerprint density at radius 1 is 1.13 bits per heavy atom. The zero-order valence-corrected chi connectivity index (χ0v) is 15.8. The fourth-order valence-electron chi connectivity index (χ4n) is 3.60. The number of amides is 1. The summed E-state index contributed by atoms with van der Waals surface area (Å²) in [5.74, 6) is -1.24. The average molecular weight is 406 g/mol. The molecule has 0 bridgehead atoms. The summed E-state index contributed by atoms with van der Waals surface area (Å²) in [6.07, 6.45) is 2.09. The van der Waals surface area contributed by atoms with E-state index in [1.54, 1.807) is 42.7 Å². The van der Waals surface area contributed by atoms with Crippen LogP contribution in [0.2, 0.25) is 0 Å². The number of anilines is 1. The summed E-state index contributed by atoms with van der Waals surface area (Å²) < 4.78 is 5.38. The number of carbonyl (C=O) groups is 3. The Labute approximate surface area is 170 Å². The molecule has 0 radical (unpaired) electrons. The molecule has 1 aromatic carbocycles. The molecule has 8 nitrogen and oxygen atoms in total. The van der Waals surface area contributed by atoms with Gasteiger partial charge in [0.25, 0.3) is 11.5 Å². The lowest BCUT2D eigenvalue weighted by Crippen LogP contribution is -2.29. The van der Waals surface area contributed by atoms with E-state index in [1.165, 1.54) is 6.07 Å². The fraction of sp³-hybridized carbons (Fsp3) is 0.182. The van der Waals surface area contributed by atoms with Gasteiger partial charge in [-0.15, -0.1) is 0 Å². The first-order valence-electron chi connectivity index (χ1n) is 9.35. The number of nitrogens with one attached hydrogen (secondary N) is 2. The van der Waals surface area contributed by atoms with Gasteiger partial charge in [-0.05, 0) is 42.3 Å². The average Bonchev–Trinajstić information content (AvgIpc) is 3.23. The third-order valence-electron chi connectivity index (χ3n) is 5.06. The van der Waals surface area contributed by atoms with E-state index >= 15 is 0 Å². The number of benzene rings is 1. The van der Waals surface area contributed by atoms with Crippen LogP contribution < -0.4 is 10.9 Å². The van der Waals surface area contributed by atoms with Crippen molar-refractivity contribution in [3.05, 3.63) is 87.2 Å². The summed E-state index contributed by atoms with van der Waals surface area (Å²) >= 11 is 0. The summed E-state index contributed by atoms with van der Waals surface area (Å²) in [4.78, 5) is 51.1. The molecule has 152 valence electrons. The molecular weight excluding hydrogens is 388 g/mol. The van der Waals surface area contributed by atoms with E-state index in [1.807, 2.05) is 0 Å². The first kappa shape index (κ1) is 19.4. The van der Waals surface area contributed by atoms with Crippen LogP contribution >= 0.6 is 0 Å². The number of aromatic amines is 1. The topological polar surface area (TPSA) is 129 Å². The Kier molecular flexibility index (Phi) is 5.05. The van der Waals surface area contributed by atoms with Crippen molar-refractivity contribution in [3.63, 3.8) is 0 Å². The molecular formula is C22H18N2O6. The second-order valence-electron chi connectivity index (χ2n) is 7.17. The number of carboxylic acid groups (broad SMARTS) is 1. The smallest absolute Gasteiger partial charge is 0.307 e. The number of carboxylic acids is 1. The van der Waals surface area contributed by atoms with Crippen LogP contribution in [0.25, 0.3) is 0 Å². The molecule has 1 aliphatic carbocycles. The van der Waals surface area contributed by atoms with Crippen LogP contribution in [0.3, 0.4) is 0 Å². The Balaban J connectivity index is 1.55. The van der Waals surface area contributed by atoms with Crippen LogP contribution in [0, 0.1) is 0 Å². The minimum Gasteiger partial charge on any atom is -0.481 e. The van der Waals surface area contributed by atoms with Crippen molar-refractivity contribution >= 4 is 23.3 Å². The molecule has 0 aliphatic heterocycles. The number of aliphatic carboxylic acids is 1. The molecule has 1 aliphatic rings. The van der Waals surface area contributed by atoms with E-state index in [0.29, 0.717) is 34.7 Å². The number of H-pyrrole nitrogens is 1. The molecule has 3 aromatic rings. The van der Waals surface area contributed by atoms with Crippen molar-refractivity contribution in [2.45, 2.75) is 25.2 Å². The van der Waals surface area contributed by atoms with Crippen LogP contribution in [0.5, 0.6) is 0 Å². The minimum absolute atomic E-state index is 0.125. The number of Topliss-reactive ketones (excluding diaryl/α,β-unsaturated/α-hetero) is 1. The van der Waals surface area contributed by atoms with Gasteiger partial charge in [0.05, 0.1) is 12.7 Å². The number of carbonyl (C=O) groups excluding carboxylic acids is 2. The molecule has 1 amide bonds. The molecule has 0 spiro atoms. The molecule has 0 unspecified atom stereocenters. The van der Waals surface area contributed by atoms with Crippen LogP contribution in [0.4, 0.5) is 5.69 Å². The molecule has 2 heterocycles. The first-order valence-corrected chi connectivity index (χ1v) is 9.35. The first-order chi connectivity index (χ1) is 14.4. The van der Waals surface area contributed by atoms with Gasteiger partial charge in [0, 0.05) is 29.3 Å². The molecule has 0 saturated carbocycles. The maximum absolute atomic E-state index is 12.6. The van der Waals surface area contributed by atoms with Crippen molar-refractivity contribution in [3.8, 4) is 0 Å². The number of furan rings is 1. The number of hydrogen-bond acceptors (Lipinski definition) is 5. The van der Waals surface area contributed by atoms with E-state index in [4.69, 9.17) is 9.52 Å². The highest BCUT2D eigenvalue weighted by Crippen LogP contribution is 2.31. The highest BCUT2D eigenvalue weighted by Gasteiger charge is 2.30. The third kappa shape index (κ3) is 3.93. The SMILES string of the molecule is O=C(O)Cc1ccc(NC(=O)c2cc3c([nH]c2=O)C[C@H](c2ccco2)CC3=O)cc1. The lowest BCUT2D eigenvalue weighted by molar-refractivity contribution is -0.136. The predicted octanol–water partition coefficient (Wildman–Crippen LogP) is 2.76. The van der Waals surface area contributed by atoms with E-state index in [2.05, 4.69) is 10.3 Å². The number of rotatable bonds is 5. The number of fused-ring (bicyclic) bond motifs is 1. The van der Waals surface area contributed by atoms with Gasteiger partial charge in [-0.2, -0.15) is 0 Å². The molecule has 4 rings (SSSR count). The third-order valence-corrected chi connectivity index (χ3v) is 5.06. The van der Waals surface area contributed by atoms with Gasteiger partial charge in [-0.3, -0.25) is 19.2 Å². The van der Waals surface area contributed by atoms with Crippen LogP contribution in [0.1, 0.15) is 50.1 Å². The number of pyridine rings is 1. The monoisotopic (exact) mass is 406 g/mol. The number of aromatic nitrogens is 1. The second-order valence-corrected chi connectivity index (χ2v) is 7.17. The fourth-order valence-corrected chi connectivity index (χ4v) is 3.60. The van der Waals surface area contributed by atoms with E-state index in [-0.39, 0.29) is 30.1 Å². The van der Waals surface area contributed by atoms with Crippen LogP contribution in [-0.2, 0) is 17.6 Å². The highest BCUT2D eigenvalue weighted by atomic mass is 16.4. The standard InChI is InChI=1S/C22H18N2O6/c25-18-10-13(19-2-1-7-30-19)9-17-15(18)11-16(22(29)24-17)21(28)23-14-5-3-12(4-6-14)8-20(26)27/h1-7,11,13H,8-10H2,(H,23,28)(H,24,29)(H,26,27)/t13-/m0/s1. The van der Waals surface area contributed by atoms with Gasteiger partial charge in [0.1, 0.15) is 11.3 Å². The lowest BCUT2D eigenvalue weighted by Gasteiger charge is -2.22. The molecule has 1 atom stereocenters. The maximum atomic E-state index is 12.6. The van der Waals surface area contributed by atoms with Crippen molar-refractivity contribution in [1.29, 1.82) is 0 Å². The zero-order chi connectivity index (χ0) is 21.3. The summed E-state index contributed by atoms with van der Waals surface area (Å²) in [6.45, 7) is 0. The Hall–Kier alpha value is -3.94. The Morgan fingerprint density at radius 3 is 2.57 bits per heavy atom. The summed E-state index contributed by atoms with van der Waals surface area (Å²) in [5, 5.41) is 11.4. The highest BCUT2D eigenvalue weighted by molar-refractivity contribution is 6.06.